The third-order valence-corrected chi connectivity index (χ3v) is 2.50. The van der Waals surface area contributed by atoms with Gasteiger partial charge in [0.05, 0.1) is 4.47 Å². The molecule has 0 amide bonds. The second-order valence-electron chi connectivity index (χ2n) is 2.44. The van der Waals surface area contributed by atoms with E-state index < -0.39 is 11.9 Å². The number of benzene rings is 1. The van der Waals surface area contributed by atoms with Gasteiger partial charge >= 0.3 is 0 Å². The number of hydrogen-bond donors (Lipinski definition) is 0. The highest BCUT2D eigenvalue weighted by atomic mass is 79.9. The Hall–Kier alpha value is -0.740. The van der Waals surface area contributed by atoms with Crippen LogP contribution in [0.5, 0.6) is 0 Å². The fourth-order valence-corrected chi connectivity index (χ4v) is 1.49. The Morgan fingerprint density at radius 2 is 2.31 bits per heavy atom. The number of halogens is 2. The lowest BCUT2D eigenvalue weighted by molar-refractivity contribution is -0.116. The van der Waals surface area contributed by atoms with Crippen LogP contribution in [0.3, 0.4) is 0 Å². The predicted molar refractivity (Wildman–Crippen MR) is 49.9 cm³/mol. The Bertz CT molecular complexity index is 314. The van der Waals surface area contributed by atoms with Gasteiger partial charge in [0.15, 0.2) is 6.29 Å². The van der Waals surface area contributed by atoms with Crippen LogP contribution in [0.4, 0.5) is 4.39 Å². The van der Waals surface area contributed by atoms with Crippen LogP contribution in [0.15, 0.2) is 22.7 Å². The van der Waals surface area contributed by atoms with Crippen molar-refractivity contribution in [3.8, 4) is 0 Å². The van der Waals surface area contributed by atoms with Crippen molar-refractivity contribution in [2.75, 3.05) is 7.11 Å². The molecule has 1 atom stereocenters. The van der Waals surface area contributed by atoms with Crippen molar-refractivity contribution >= 4 is 22.2 Å². The highest BCUT2D eigenvalue weighted by molar-refractivity contribution is 9.10. The van der Waals surface area contributed by atoms with Gasteiger partial charge in [0.2, 0.25) is 0 Å². The smallest absolute Gasteiger partial charge is 0.153 e. The van der Waals surface area contributed by atoms with Crippen LogP contribution in [0.1, 0.15) is 11.7 Å². The molecular formula is C9H8BrFO2. The average molecular weight is 247 g/mol. The Morgan fingerprint density at radius 1 is 1.62 bits per heavy atom. The van der Waals surface area contributed by atoms with Gasteiger partial charge in [-0.25, -0.2) is 4.39 Å². The minimum absolute atomic E-state index is 0.272. The second kappa shape index (κ2) is 4.48. The van der Waals surface area contributed by atoms with E-state index in [4.69, 9.17) is 4.74 Å². The molecule has 0 aromatic heterocycles. The van der Waals surface area contributed by atoms with Gasteiger partial charge in [-0.2, -0.15) is 0 Å². The van der Waals surface area contributed by atoms with Gasteiger partial charge < -0.3 is 9.53 Å². The molecule has 0 N–H and O–H groups in total. The molecule has 0 radical (unpaired) electrons. The molecule has 0 saturated heterocycles. The SMILES string of the molecule is COC(C=O)c1cccc(F)c1Br. The summed E-state index contributed by atoms with van der Waals surface area (Å²) in [6, 6.07) is 4.48. The summed E-state index contributed by atoms with van der Waals surface area (Å²) in [6.07, 6.45) is -0.0930. The number of ether oxygens (including phenoxy) is 1. The molecule has 0 spiro atoms. The summed E-state index contributed by atoms with van der Waals surface area (Å²) in [4.78, 5) is 10.5. The van der Waals surface area contributed by atoms with Gasteiger partial charge in [-0.1, -0.05) is 12.1 Å². The Labute approximate surface area is 83.8 Å². The first-order valence-corrected chi connectivity index (χ1v) is 4.42. The highest BCUT2D eigenvalue weighted by Gasteiger charge is 2.14. The molecule has 1 unspecified atom stereocenters. The zero-order chi connectivity index (χ0) is 9.84. The standard InChI is InChI=1S/C9H8BrFO2/c1-13-8(5-12)6-3-2-4-7(11)9(6)10/h2-5,8H,1H3. The number of carbonyl (C=O) groups is 1. The number of rotatable bonds is 3. The third-order valence-electron chi connectivity index (χ3n) is 1.67. The third kappa shape index (κ3) is 2.14. The summed E-state index contributed by atoms with van der Waals surface area (Å²) < 4.78 is 18.1. The molecule has 0 fully saturated rings. The zero-order valence-corrected chi connectivity index (χ0v) is 8.55. The maximum absolute atomic E-state index is 13.0. The quantitative estimate of drug-likeness (QED) is 0.767. The van der Waals surface area contributed by atoms with Crippen LogP contribution in [-0.2, 0) is 9.53 Å². The molecule has 2 nitrogen and oxygen atoms in total. The summed E-state index contributed by atoms with van der Waals surface area (Å²) in [5, 5.41) is 0. The predicted octanol–water partition coefficient (Wildman–Crippen LogP) is 2.47. The fourth-order valence-electron chi connectivity index (χ4n) is 0.996. The number of carbonyl (C=O) groups excluding carboxylic acids is 1. The molecular weight excluding hydrogens is 239 g/mol. The summed E-state index contributed by atoms with van der Waals surface area (Å²) >= 11 is 3.05. The first kappa shape index (κ1) is 10.3. The largest absolute Gasteiger partial charge is 0.369 e. The van der Waals surface area contributed by atoms with Crippen molar-refractivity contribution in [2.45, 2.75) is 6.10 Å². The van der Waals surface area contributed by atoms with Gasteiger partial charge in [-0.05, 0) is 22.0 Å². The number of aldehydes is 1. The van der Waals surface area contributed by atoms with Crippen molar-refractivity contribution < 1.29 is 13.9 Å². The topological polar surface area (TPSA) is 26.3 Å². The van der Waals surface area contributed by atoms with E-state index in [-0.39, 0.29) is 4.47 Å². The van der Waals surface area contributed by atoms with Crippen molar-refractivity contribution in [1.82, 2.24) is 0 Å². The van der Waals surface area contributed by atoms with E-state index in [1.54, 1.807) is 6.07 Å². The zero-order valence-electron chi connectivity index (χ0n) is 6.96. The molecule has 1 aromatic carbocycles. The lowest BCUT2D eigenvalue weighted by Crippen LogP contribution is -2.04. The van der Waals surface area contributed by atoms with Crippen LogP contribution < -0.4 is 0 Å². The molecule has 0 aliphatic rings. The molecule has 0 saturated carbocycles. The highest BCUT2D eigenvalue weighted by Crippen LogP contribution is 2.26. The molecule has 70 valence electrons. The fraction of sp³-hybridized carbons (Fsp3) is 0.222. The van der Waals surface area contributed by atoms with Crippen molar-refractivity contribution in [3.05, 3.63) is 34.1 Å². The van der Waals surface area contributed by atoms with Gasteiger partial charge in [-0.15, -0.1) is 0 Å². The summed E-state index contributed by atoms with van der Waals surface area (Å²) in [5.41, 5.74) is 0.498. The second-order valence-corrected chi connectivity index (χ2v) is 3.23. The van der Waals surface area contributed by atoms with E-state index >= 15 is 0 Å². The van der Waals surface area contributed by atoms with Crippen LogP contribution in [-0.4, -0.2) is 13.4 Å². The van der Waals surface area contributed by atoms with E-state index in [1.807, 2.05) is 0 Å². The summed E-state index contributed by atoms with van der Waals surface area (Å²) in [6.45, 7) is 0. The van der Waals surface area contributed by atoms with Crippen LogP contribution in [0.2, 0.25) is 0 Å². The molecule has 0 bridgehead atoms. The monoisotopic (exact) mass is 246 g/mol. The van der Waals surface area contributed by atoms with Gasteiger partial charge in [0.1, 0.15) is 11.9 Å². The van der Waals surface area contributed by atoms with E-state index in [0.29, 0.717) is 11.8 Å². The van der Waals surface area contributed by atoms with Crippen LogP contribution in [0.25, 0.3) is 0 Å². The Morgan fingerprint density at radius 3 is 2.85 bits per heavy atom. The first-order chi connectivity index (χ1) is 6.20. The summed E-state index contributed by atoms with van der Waals surface area (Å²) in [7, 11) is 1.40. The molecule has 1 aromatic rings. The van der Waals surface area contributed by atoms with Gasteiger partial charge in [0, 0.05) is 12.7 Å². The molecule has 13 heavy (non-hydrogen) atoms. The molecule has 0 heterocycles. The van der Waals surface area contributed by atoms with Crippen LogP contribution >= 0.6 is 15.9 Å². The number of methoxy groups -OCH3 is 1. The lowest BCUT2D eigenvalue weighted by Gasteiger charge is -2.10. The van der Waals surface area contributed by atoms with E-state index in [0.717, 1.165) is 0 Å². The van der Waals surface area contributed by atoms with E-state index in [2.05, 4.69) is 15.9 Å². The van der Waals surface area contributed by atoms with Crippen LogP contribution in [0, 0.1) is 5.82 Å². The first-order valence-electron chi connectivity index (χ1n) is 3.62. The molecule has 0 aliphatic carbocycles. The minimum Gasteiger partial charge on any atom is -0.369 e. The van der Waals surface area contributed by atoms with Crippen molar-refractivity contribution in [2.24, 2.45) is 0 Å². The molecule has 1 rings (SSSR count). The molecule has 0 aliphatic heterocycles. The lowest BCUT2D eigenvalue weighted by atomic mass is 10.1. The number of hydrogen-bond acceptors (Lipinski definition) is 2. The average Bonchev–Trinajstić information content (AvgIpc) is 2.14. The van der Waals surface area contributed by atoms with E-state index in [9.17, 15) is 9.18 Å². The van der Waals surface area contributed by atoms with E-state index in [1.165, 1.54) is 19.2 Å². The minimum atomic E-state index is -0.718. The Balaban J connectivity index is 3.13. The van der Waals surface area contributed by atoms with Gasteiger partial charge in [0.25, 0.3) is 0 Å². The normalized spacial score (nSPS) is 12.5. The molecule has 4 heteroatoms. The van der Waals surface area contributed by atoms with Gasteiger partial charge in [-0.3, -0.25) is 0 Å². The van der Waals surface area contributed by atoms with Crippen molar-refractivity contribution in [3.63, 3.8) is 0 Å². The summed E-state index contributed by atoms with van der Waals surface area (Å²) in [5.74, 6) is -0.401. The Kier molecular flexibility index (Phi) is 3.57. The maximum atomic E-state index is 13.0. The van der Waals surface area contributed by atoms with Crippen molar-refractivity contribution in [1.29, 1.82) is 0 Å². The maximum Gasteiger partial charge on any atom is 0.153 e.